The Kier molecular flexibility index (Phi) is 7.35. The Hall–Kier alpha value is -1.76. The lowest BCUT2D eigenvalue weighted by Gasteiger charge is -2.22. The zero-order valence-corrected chi connectivity index (χ0v) is 15.1. The van der Waals surface area contributed by atoms with Gasteiger partial charge in [0, 0.05) is 30.2 Å². The molecular formula is C16H26N2O4S. The second-order valence-corrected chi connectivity index (χ2v) is 7.64. The number of amides is 1. The Bertz CT molecular complexity index is 625. The number of hydrogen-bond donors (Lipinski definition) is 1. The molecule has 0 unspecified atom stereocenters. The standard InChI is InChI=1S/C16H26N2O4S/c1-5-18(6-2)14-8-9-15(13(4)12-14)17-16(19)22-10-11-23(20,21)7-3/h8-9,12H,5-7,10-11H2,1-4H3,(H,17,19). The quantitative estimate of drug-likeness (QED) is 0.786. The maximum absolute atomic E-state index is 11.7. The largest absolute Gasteiger partial charge is 0.448 e. The molecule has 1 rings (SSSR count). The molecule has 0 aliphatic heterocycles. The van der Waals surface area contributed by atoms with E-state index in [1.54, 1.807) is 6.92 Å². The highest BCUT2D eigenvalue weighted by atomic mass is 32.2. The second-order valence-electron chi connectivity index (χ2n) is 5.17. The predicted molar refractivity (Wildman–Crippen MR) is 94.0 cm³/mol. The molecule has 0 saturated carbocycles. The molecule has 1 aromatic rings. The monoisotopic (exact) mass is 342 g/mol. The molecule has 6 nitrogen and oxygen atoms in total. The smallest absolute Gasteiger partial charge is 0.411 e. The molecule has 7 heteroatoms. The summed E-state index contributed by atoms with van der Waals surface area (Å²) < 4.78 is 27.6. The number of nitrogens with one attached hydrogen (secondary N) is 1. The van der Waals surface area contributed by atoms with Crippen molar-refractivity contribution in [3.63, 3.8) is 0 Å². The van der Waals surface area contributed by atoms with E-state index in [4.69, 9.17) is 4.74 Å². The third kappa shape index (κ3) is 6.09. The van der Waals surface area contributed by atoms with Gasteiger partial charge in [-0.05, 0) is 44.5 Å². The summed E-state index contributed by atoms with van der Waals surface area (Å²) in [6, 6.07) is 5.77. The molecule has 0 radical (unpaired) electrons. The van der Waals surface area contributed by atoms with Crippen LogP contribution < -0.4 is 10.2 Å². The maximum atomic E-state index is 11.7. The van der Waals surface area contributed by atoms with Crippen LogP contribution in [0.4, 0.5) is 16.2 Å². The highest BCUT2D eigenvalue weighted by Gasteiger charge is 2.11. The lowest BCUT2D eigenvalue weighted by Crippen LogP contribution is -2.22. The van der Waals surface area contributed by atoms with Crippen LogP contribution in [0.25, 0.3) is 0 Å². The summed E-state index contributed by atoms with van der Waals surface area (Å²) in [5, 5.41) is 2.64. The van der Waals surface area contributed by atoms with Crippen molar-refractivity contribution in [3.05, 3.63) is 23.8 Å². The van der Waals surface area contributed by atoms with Crippen molar-refractivity contribution in [2.45, 2.75) is 27.7 Å². The molecule has 0 aliphatic rings. The van der Waals surface area contributed by atoms with Crippen LogP contribution in [0, 0.1) is 6.92 Å². The number of aryl methyl sites for hydroxylation is 1. The van der Waals surface area contributed by atoms with Crippen LogP contribution >= 0.6 is 0 Å². The lowest BCUT2D eigenvalue weighted by molar-refractivity contribution is 0.168. The zero-order valence-electron chi connectivity index (χ0n) is 14.3. The van der Waals surface area contributed by atoms with Gasteiger partial charge in [-0.3, -0.25) is 5.32 Å². The molecule has 1 N–H and O–H groups in total. The van der Waals surface area contributed by atoms with Gasteiger partial charge in [0.15, 0.2) is 9.84 Å². The van der Waals surface area contributed by atoms with Gasteiger partial charge < -0.3 is 9.64 Å². The van der Waals surface area contributed by atoms with Gasteiger partial charge in [-0.15, -0.1) is 0 Å². The average Bonchev–Trinajstić information content (AvgIpc) is 2.51. The molecule has 0 atom stereocenters. The third-order valence-corrected chi connectivity index (χ3v) is 5.31. The van der Waals surface area contributed by atoms with E-state index < -0.39 is 15.9 Å². The first kappa shape index (κ1) is 19.3. The van der Waals surface area contributed by atoms with Crippen molar-refractivity contribution in [1.82, 2.24) is 0 Å². The molecule has 1 aromatic carbocycles. The number of hydrogen-bond acceptors (Lipinski definition) is 5. The van der Waals surface area contributed by atoms with Crippen molar-refractivity contribution in [2.75, 3.05) is 41.4 Å². The minimum absolute atomic E-state index is 0.0455. The molecule has 0 aliphatic carbocycles. The summed E-state index contributed by atoms with van der Waals surface area (Å²) in [6.07, 6.45) is -0.644. The van der Waals surface area contributed by atoms with E-state index in [1.165, 1.54) is 0 Å². The van der Waals surface area contributed by atoms with Crippen LogP contribution in [0.2, 0.25) is 0 Å². The summed E-state index contributed by atoms with van der Waals surface area (Å²) in [4.78, 5) is 13.9. The fraction of sp³-hybridized carbons (Fsp3) is 0.562. The van der Waals surface area contributed by atoms with Gasteiger partial charge in [-0.25, -0.2) is 13.2 Å². The fourth-order valence-electron chi connectivity index (χ4n) is 2.13. The number of carbonyl (C=O) groups excluding carboxylic acids is 1. The van der Waals surface area contributed by atoms with Crippen LogP contribution in [0.1, 0.15) is 26.3 Å². The van der Waals surface area contributed by atoms with Crippen LogP contribution in [0.5, 0.6) is 0 Å². The second kappa shape index (κ2) is 8.76. The minimum atomic E-state index is -3.13. The molecule has 0 fully saturated rings. The number of rotatable bonds is 8. The van der Waals surface area contributed by atoms with E-state index in [1.807, 2.05) is 25.1 Å². The number of ether oxygens (including phenoxy) is 1. The van der Waals surface area contributed by atoms with E-state index in [0.29, 0.717) is 5.69 Å². The van der Waals surface area contributed by atoms with Gasteiger partial charge in [-0.2, -0.15) is 0 Å². The first-order valence-corrected chi connectivity index (χ1v) is 9.64. The number of carbonyl (C=O) groups is 1. The van der Waals surface area contributed by atoms with E-state index in [9.17, 15) is 13.2 Å². The fourth-order valence-corrected chi connectivity index (χ4v) is 2.75. The normalized spacial score (nSPS) is 11.1. The highest BCUT2D eigenvalue weighted by molar-refractivity contribution is 7.91. The van der Waals surface area contributed by atoms with Gasteiger partial charge in [0.1, 0.15) is 6.61 Å². The molecule has 0 saturated heterocycles. The molecule has 1 amide bonds. The van der Waals surface area contributed by atoms with E-state index in [-0.39, 0.29) is 18.1 Å². The first-order valence-electron chi connectivity index (χ1n) is 7.82. The Labute approximate surface area is 138 Å². The lowest BCUT2D eigenvalue weighted by atomic mass is 10.1. The highest BCUT2D eigenvalue weighted by Crippen LogP contribution is 2.22. The number of nitrogens with zero attached hydrogens (tertiary/aromatic N) is 1. The van der Waals surface area contributed by atoms with Crippen molar-refractivity contribution < 1.29 is 17.9 Å². The van der Waals surface area contributed by atoms with Gasteiger partial charge in [-0.1, -0.05) is 6.92 Å². The molecule has 0 spiro atoms. The van der Waals surface area contributed by atoms with E-state index in [2.05, 4.69) is 24.1 Å². The van der Waals surface area contributed by atoms with Gasteiger partial charge in [0.25, 0.3) is 0 Å². The molecule has 23 heavy (non-hydrogen) atoms. The van der Waals surface area contributed by atoms with Crippen molar-refractivity contribution >= 4 is 27.3 Å². The summed E-state index contributed by atoms with van der Waals surface area (Å²) in [6.45, 7) is 9.34. The SMILES string of the molecule is CCN(CC)c1ccc(NC(=O)OCCS(=O)(=O)CC)c(C)c1. The van der Waals surface area contributed by atoms with Crippen LogP contribution in [0.15, 0.2) is 18.2 Å². The Morgan fingerprint density at radius 3 is 2.39 bits per heavy atom. The van der Waals surface area contributed by atoms with Gasteiger partial charge >= 0.3 is 6.09 Å². The van der Waals surface area contributed by atoms with Crippen LogP contribution in [-0.2, 0) is 14.6 Å². The Morgan fingerprint density at radius 1 is 1.22 bits per heavy atom. The number of anilines is 2. The Balaban J connectivity index is 2.62. The summed E-state index contributed by atoms with van der Waals surface area (Å²) in [5.41, 5.74) is 2.68. The van der Waals surface area contributed by atoms with Gasteiger partial charge in [0.05, 0.1) is 5.75 Å². The minimum Gasteiger partial charge on any atom is -0.448 e. The Morgan fingerprint density at radius 2 is 1.87 bits per heavy atom. The first-order chi connectivity index (χ1) is 10.8. The summed E-state index contributed by atoms with van der Waals surface area (Å²) in [5.74, 6) is -0.110. The molecule has 0 aromatic heterocycles. The van der Waals surface area contributed by atoms with Crippen LogP contribution in [0.3, 0.4) is 0 Å². The van der Waals surface area contributed by atoms with Crippen molar-refractivity contribution in [3.8, 4) is 0 Å². The summed E-state index contributed by atoms with van der Waals surface area (Å²) in [7, 11) is -3.13. The van der Waals surface area contributed by atoms with Gasteiger partial charge in [0.2, 0.25) is 0 Å². The average molecular weight is 342 g/mol. The number of benzene rings is 1. The summed E-state index contributed by atoms with van der Waals surface area (Å²) >= 11 is 0. The van der Waals surface area contributed by atoms with Crippen molar-refractivity contribution in [2.24, 2.45) is 0 Å². The zero-order chi connectivity index (χ0) is 17.5. The van der Waals surface area contributed by atoms with E-state index >= 15 is 0 Å². The molecule has 0 bridgehead atoms. The molecular weight excluding hydrogens is 316 g/mol. The molecule has 130 valence electrons. The third-order valence-electron chi connectivity index (χ3n) is 3.64. The maximum Gasteiger partial charge on any atom is 0.411 e. The predicted octanol–water partition coefficient (Wildman–Crippen LogP) is 2.82. The molecule has 0 heterocycles. The number of sulfone groups is 1. The topological polar surface area (TPSA) is 75.7 Å². The van der Waals surface area contributed by atoms with Crippen LogP contribution in [-0.4, -0.2) is 45.7 Å². The van der Waals surface area contributed by atoms with E-state index in [0.717, 1.165) is 24.3 Å². The van der Waals surface area contributed by atoms with Crippen molar-refractivity contribution in [1.29, 1.82) is 0 Å².